The molecular formula is C15H21N3O3. The standard InChI is InChI=1S/C15H21N3O3/c1-3-17-9-7-13(8-10-17)16(2)15(19)12-5-4-6-14(11-12)18(20)21/h4-6,11,13H,3,7-10H2,1-2H3. The zero-order chi connectivity index (χ0) is 15.4. The molecule has 0 radical (unpaired) electrons. The molecule has 6 heteroatoms. The van der Waals surface area contributed by atoms with Crippen molar-refractivity contribution in [2.45, 2.75) is 25.8 Å². The molecule has 1 aliphatic rings. The highest BCUT2D eigenvalue weighted by molar-refractivity contribution is 5.94. The zero-order valence-corrected chi connectivity index (χ0v) is 12.5. The van der Waals surface area contributed by atoms with E-state index in [4.69, 9.17) is 0 Å². The van der Waals surface area contributed by atoms with Crippen molar-refractivity contribution in [2.24, 2.45) is 0 Å². The number of nitro groups is 1. The fraction of sp³-hybridized carbons (Fsp3) is 0.533. The molecule has 1 aromatic carbocycles. The second-order valence-corrected chi connectivity index (χ2v) is 5.39. The Morgan fingerprint density at radius 3 is 2.67 bits per heavy atom. The van der Waals surface area contributed by atoms with Crippen LogP contribution in [-0.4, -0.2) is 53.4 Å². The van der Waals surface area contributed by atoms with Gasteiger partial charge in [-0.05, 0) is 25.5 Å². The second-order valence-electron chi connectivity index (χ2n) is 5.39. The molecule has 0 atom stereocenters. The first-order chi connectivity index (χ1) is 10.0. The Morgan fingerprint density at radius 2 is 2.10 bits per heavy atom. The minimum absolute atomic E-state index is 0.0462. The van der Waals surface area contributed by atoms with Gasteiger partial charge in [0.25, 0.3) is 11.6 Å². The molecule has 6 nitrogen and oxygen atoms in total. The monoisotopic (exact) mass is 291 g/mol. The fourth-order valence-corrected chi connectivity index (χ4v) is 2.74. The smallest absolute Gasteiger partial charge is 0.270 e. The molecule has 21 heavy (non-hydrogen) atoms. The minimum Gasteiger partial charge on any atom is -0.339 e. The number of likely N-dealkylation sites (tertiary alicyclic amines) is 1. The Hall–Kier alpha value is -1.95. The molecule has 114 valence electrons. The maximum Gasteiger partial charge on any atom is 0.270 e. The van der Waals surface area contributed by atoms with Crippen LogP contribution in [-0.2, 0) is 0 Å². The highest BCUT2D eigenvalue weighted by Gasteiger charge is 2.26. The van der Waals surface area contributed by atoms with Crippen LogP contribution in [0.2, 0.25) is 0 Å². The Balaban J connectivity index is 2.06. The van der Waals surface area contributed by atoms with Gasteiger partial charge in [0, 0.05) is 43.9 Å². The van der Waals surface area contributed by atoms with Gasteiger partial charge in [-0.3, -0.25) is 14.9 Å². The largest absolute Gasteiger partial charge is 0.339 e. The highest BCUT2D eigenvalue weighted by Crippen LogP contribution is 2.19. The molecule has 1 aromatic rings. The SMILES string of the molecule is CCN1CCC(N(C)C(=O)c2cccc([N+](=O)[O-])c2)CC1. The van der Waals surface area contributed by atoms with Crippen molar-refractivity contribution in [3.05, 3.63) is 39.9 Å². The van der Waals surface area contributed by atoms with Gasteiger partial charge < -0.3 is 9.80 Å². The van der Waals surface area contributed by atoms with Crippen molar-refractivity contribution in [3.8, 4) is 0 Å². The third kappa shape index (κ3) is 3.58. The van der Waals surface area contributed by atoms with Crippen molar-refractivity contribution in [1.82, 2.24) is 9.80 Å². The number of piperidine rings is 1. The number of nitrogens with zero attached hydrogens (tertiary/aromatic N) is 3. The van der Waals surface area contributed by atoms with E-state index in [1.807, 2.05) is 0 Å². The van der Waals surface area contributed by atoms with Gasteiger partial charge in [-0.2, -0.15) is 0 Å². The summed E-state index contributed by atoms with van der Waals surface area (Å²) in [5.41, 5.74) is 0.333. The van der Waals surface area contributed by atoms with Gasteiger partial charge in [0.15, 0.2) is 0 Å². The van der Waals surface area contributed by atoms with Gasteiger partial charge in [-0.15, -0.1) is 0 Å². The molecule has 0 aromatic heterocycles. The van der Waals surface area contributed by atoms with E-state index in [9.17, 15) is 14.9 Å². The van der Waals surface area contributed by atoms with E-state index in [1.165, 1.54) is 12.1 Å². The lowest BCUT2D eigenvalue weighted by molar-refractivity contribution is -0.384. The maximum absolute atomic E-state index is 12.5. The van der Waals surface area contributed by atoms with Crippen molar-refractivity contribution >= 4 is 11.6 Å². The first kappa shape index (κ1) is 15.4. The molecule has 1 heterocycles. The van der Waals surface area contributed by atoms with Crippen LogP contribution in [0.3, 0.4) is 0 Å². The molecule has 0 unspecified atom stereocenters. The van der Waals surface area contributed by atoms with Crippen LogP contribution >= 0.6 is 0 Å². The van der Waals surface area contributed by atoms with Crippen molar-refractivity contribution in [1.29, 1.82) is 0 Å². The summed E-state index contributed by atoms with van der Waals surface area (Å²) in [6.07, 6.45) is 1.90. The Kier molecular flexibility index (Phi) is 4.90. The van der Waals surface area contributed by atoms with E-state index in [0.29, 0.717) is 5.56 Å². The van der Waals surface area contributed by atoms with E-state index in [-0.39, 0.29) is 17.6 Å². The zero-order valence-electron chi connectivity index (χ0n) is 12.5. The molecule has 2 rings (SSSR count). The van der Waals surface area contributed by atoms with E-state index in [1.54, 1.807) is 24.1 Å². The first-order valence-corrected chi connectivity index (χ1v) is 7.27. The van der Waals surface area contributed by atoms with Gasteiger partial charge in [0.05, 0.1) is 4.92 Å². The second kappa shape index (κ2) is 6.67. The predicted molar refractivity (Wildman–Crippen MR) is 80.3 cm³/mol. The molecule has 0 aliphatic carbocycles. The molecule has 1 fully saturated rings. The van der Waals surface area contributed by atoms with Crippen LogP contribution in [0.15, 0.2) is 24.3 Å². The van der Waals surface area contributed by atoms with E-state index < -0.39 is 4.92 Å². The number of nitro benzene ring substituents is 1. The van der Waals surface area contributed by atoms with Crippen LogP contribution in [0.1, 0.15) is 30.1 Å². The van der Waals surface area contributed by atoms with Gasteiger partial charge in [-0.1, -0.05) is 13.0 Å². The lowest BCUT2D eigenvalue weighted by atomic mass is 10.0. The third-order valence-electron chi connectivity index (χ3n) is 4.18. The number of amides is 1. The first-order valence-electron chi connectivity index (χ1n) is 7.27. The van der Waals surface area contributed by atoms with Crippen LogP contribution in [0.5, 0.6) is 0 Å². The fourth-order valence-electron chi connectivity index (χ4n) is 2.74. The number of carbonyl (C=O) groups excluding carboxylic acids is 1. The van der Waals surface area contributed by atoms with E-state index in [2.05, 4.69) is 11.8 Å². The number of non-ortho nitro benzene ring substituents is 1. The van der Waals surface area contributed by atoms with Gasteiger partial charge >= 0.3 is 0 Å². The van der Waals surface area contributed by atoms with Crippen molar-refractivity contribution < 1.29 is 9.72 Å². The summed E-state index contributed by atoms with van der Waals surface area (Å²) in [6, 6.07) is 6.14. The Labute approximate surface area is 124 Å². The Morgan fingerprint density at radius 1 is 1.43 bits per heavy atom. The molecule has 0 N–H and O–H groups in total. The summed E-state index contributed by atoms with van der Waals surface area (Å²) in [6.45, 7) is 5.16. The molecule has 0 saturated carbocycles. The summed E-state index contributed by atoms with van der Waals surface area (Å²) in [4.78, 5) is 26.9. The predicted octanol–water partition coefficient (Wildman–Crippen LogP) is 2.15. The quantitative estimate of drug-likeness (QED) is 0.629. The average molecular weight is 291 g/mol. The topological polar surface area (TPSA) is 66.7 Å². The van der Waals surface area contributed by atoms with Gasteiger partial charge in [0.1, 0.15) is 0 Å². The van der Waals surface area contributed by atoms with Crippen molar-refractivity contribution in [3.63, 3.8) is 0 Å². The molecule has 0 spiro atoms. The number of hydrogen-bond acceptors (Lipinski definition) is 4. The van der Waals surface area contributed by atoms with Crippen LogP contribution in [0.4, 0.5) is 5.69 Å². The molecule has 0 bridgehead atoms. The number of carbonyl (C=O) groups is 1. The number of hydrogen-bond donors (Lipinski definition) is 0. The molecular weight excluding hydrogens is 270 g/mol. The molecule has 1 aliphatic heterocycles. The summed E-state index contributed by atoms with van der Waals surface area (Å²) >= 11 is 0. The van der Waals surface area contributed by atoms with Gasteiger partial charge in [0.2, 0.25) is 0 Å². The average Bonchev–Trinajstić information content (AvgIpc) is 2.53. The van der Waals surface area contributed by atoms with E-state index >= 15 is 0 Å². The lowest BCUT2D eigenvalue weighted by Crippen LogP contribution is -2.45. The van der Waals surface area contributed by atoms with Crippen LogP contribution < -0.4 is 0 Å². The summed E-state index contributed by atoms with van der Waals surface area (Å²) < 4.78 is 0. The normalized spacial score (nSPS) is 16.7. The van der Waals surface area contributed by atoms with Crippen LogP contribution in [0, 0.1) is 10.1 Å². The maximum atomic E-state index is 12.5. The third-order valence-corrected chi connectivity index (χ3v) is 4.18. The Bertz CT molecular complexity index is 525. The number of benzene rings is 1. The molecule has 1 saturated heterocycles. The van der Waals surface area contributed by atoms with Crippen LogP contribution in [0.25, 0.3) is 0 Å². The van der Waals surface area contributed by atoms with E-state index in [0.717, 1.165) is 32.5 Å². The molecule has 1 amide bonds. The summed E-state index contributed by atoms with van der Waals surface area (Å²) in [5, 5.41) is 10.8. The summed E-state index contributed by atoms with van der Waals surface area (Å²) in [7, 11) is 1.79. The minimum atomic E-state index is -0.476. The number of rotatable bonds is 4. The van der Waals surface area contributed by atoms with Crippen molar-refractivity contribution in [2.75, 3.05) is 26.7 Å². The van der Waals surface area contributed by atoms with Gasteiger partial charge in [-0.25, -0.2) is 0 Å². The summed E-state index contributed by atoms with van der Waals surface area (Å²) in [5.74, 6) is -0.145. The highest BCUT2D eigenvalue weighted by atomic mass is 16.6. The lowest BCUT2D eigenvalue weighted by Gasteiger charge is -2.36.